The molecule has 0 bridgehead atoms. The number of hydrogen-bond acceptors (Lipinski definition) is 0. The Morgan fingerprint density at radius 2 is 1.06 bits per heavy atom. The Bertz CT molecular complexity index is 1430. The molecule has 0 saturated carbocycles. The van der Waals surface area contributed by atoms with Crippen LogP contribution < -0.4 is 5.19 Å². The van der Waals surface area contributed by atoms with E-state index in [0.717, 1.165) is 0 Å². The van der Waals surface area contributed by atoms with Crippen molar-refractivity contribution in [3.63, 3.8) is 0 Å². The quantitative estimate of drug-likeness (QED) is 0.265. The molecule has 0 fully saturated rings. The van der Waals surface area contributed by atoms with Crippen LogP contribution in [0, 0.1) is 27.7 Å². The van der Waals surface area contributed by atoms with Gasteiger partial charge in [0.25, 0.3) is 0 Å². The number of rotatable bonds is 3. The fourth-order valence-corrected chi connectivity index (χ4v) is 45.1. The summed E-state index contributed by atoms with van der Waals surface area (Å²) in [7, 11) is 16.9. The fourth-order valence-electron chi connectivity index (χ4n) is 6.68. The first-order chi connectivity index (χ1) is 16.5. The van der Waals surface area contributed by atoms with Crippen LogP contribution in [0.1, 0.15) is 65.6 Å². The molecule has 0 N–H and O–H groups in total. The topological polar surface area (TPSA) is 0 Å². The molecule has 35 heavy (non-hydrogen) atoms. The number of aryl methyl sites for hydroxylation is 2. The maximum atomic E-state index is 8.46. The van der Waals surface area contributed by atoms with Gasteiger partial charge in [0.1, 0.15) is 0 Å². The molecule has 2 unspecified atom stereocenters. The van der Waals surface area contributed by atoms with Crippen molar-refractivity contribution in [1.29, 1.82) is 0 Å². The van der Waals surface area contributed by atoms with Crippen molar-refractivity contribution < 1.29 is 15.0 Å². The third-order valence-corrected chi connectivity index (χ3v) is 51.8. The van der Waals surface area contributed by atoms with Crippen molar-refractivity contribution in [1.82, 2.24) is 0 Å². The number of benzene rings is 3. The van der Waals surface area contributed by atoms with Crippen LogP contribution in [0.25, 0.3) is 12.2 Å². The Kier molecular flexibility index (Phi) is 6.33. The Labute approximate surface area is 218 Å². The number of halogens is 2. The molecule has 0 aliphatic heterocycles. The number of fused-ring (bicyclic) bond motifs is 2. The van der Waals surface area contributed by atoms with Crippen molar-refractivity contribution >= 4 is 39.8 Å². The molecule has 2 atom stereocenters. The van der Waals surface area contributed by atoms with Crippen LogP contribution in [0.4, 0.5) is 0 Å². The summed E-state index contributed by atoms with van der Waals surface area (Å²) in [5.41, 5.74) is 12.1. The SMILES string of the molecule is CC1=Cc2c(ccc(C)c2C)[CH]1[Zr]([Cl])([Cl])([CH]1C(C)=Cc2c1ccc(C)c2C)=[Si](C)c1ccccc1. The molecule has 0 heterocycles. The van der Waals surface area contributed by atoms with Gasteiger partial charge in [-0.05, 0) is 0 Å². The van der Waals surface area contributed by atoms with Crippen LogP contribution in [0.5, 0.6) is 0 Å². The van der Waals surface area contributed by atoms with E-state index < -0.39 is 20.4 Å². The average Bonchev–Trinajstić information content (AvgIpc) is 3.37. The van der Waals surface area contributed by atoms with Gasteiger partial charge in [-0.3, -0.25) is 0 Å². The van der Waals surface area contributed by atoms with Gasteiger partial charge >= 0.3 is 220 Å². The van der Waals surface area contributed by atoms with E-state index in [2.05, 4.69) is 115 Å². The van der Waals surface area contributed by atoms with E-state index in [1.807, 2.05) is 0 Å². The molecule has 2 aliphatic rings. The molecule has 2 aliphatic carbocycles. The van der Waals surface area contributed by atoms with Crippen molar-refractivity contribution in [3.05, 3.63) is 110 Å². The predicted octanol–water partition coefficient (Wildman–Crippen LogP) is 9.06. The van der Waals surface area contributed by atoms with Crippen molar-refractivity contribution in [2.24, 2.45) is 0 Å². The predicted molar refractivity (Wildman–Crippen MR) is 154 cm³/mol. The zero-order valence-electron chi connectivity index (χ0n) is 21.8. The summed E-state index contributed by atoms with van der Waals surface area (Å²) in [6, 6.07) is 20.1. The monoisotopic (exact) mass is 594 g/mol. The molecule has 3 aromatic rings. The summed E-state index contributed by atoms with van der Waals surface area (Å²) in [4.78, 5) is 0. The molecule has 5 rings (SSSR count). The zero-order valence-corrected chi connectivity index (χ0v) is 26.7. The minimum atomic E-state index is -4.81. The fraction of sp³-hybridized carbons (Fsp3) is 0.290. The first-order valence-corrected chi connectivity index (χ1v) is 27.4. The van der Waals surface area contributed by atoms with Crippen molar-refractivity contribution in [2.75, 3.05) is 0 Å². The van der Waals surface area contributed by atoms with E-state index in [1.54, 1.807) is 0 Å². The van der Waals surface area contributed by atoms with Gasteiger partial charge in [-0.2, -0.15) is 0 Å². The number of allylic oxidation sites excluding steroid dienone is 2. The van der Waals surface area contributed by atoms with Gasteiger partial charge in [0, 0.05) is 0 Å². The minimum absolute atomic E-state index is 0.106. The summed E-state index contributed by atoms with van der Waals surface area (Å²) >= 11 is -4.81. The molecule has 0 aromatic heterocycles. The van der Waals surface area contributed by atoms with Crippen LogP contribution in [-0.2, 0) is 15.0 Å². The van der Waals surface area contributed by atoms with Gasteiger partial charge < -0.3 is 0 Å². The summed E-state index contributed by atoms with van der Waals surface area (Å²) < 4.78 is 0.211. The van der Waals surface area contributed by atoms with Gasteiger partial charge in [-0.25, -0.2) is 0 Å². The Morgan fingerprint density at radius 1 is 0.629 bits per heavy atom. The average molecular weight is 597 g/mol. The normalized spacial score (nSPS) is 19.3. The third-order valence-electron chi connectivity index (χ3n) is 8.90. The maximum absolute atomic E-state index is 8.46. The Balaban J connectivity index is 1.92. The number of hydrogen-bond donors (Lipinski definition) is 0. The summed E-state index contributed by atoms with van der Waals surface area (Å²) in [5, 5.41) is 1.35. The van der Waals surface area contributed by atoms with E-state index in [4.69, 9.17) is 17.0 Å². The van der Waals surface area contributed by atoms with Crippen molar-refractivity contribution in [3.8, 4) is 0 Å². The molecule has 0 spiro atoms. The first kappa shape index (κ1) is 25.5. The summed E-state index contributed by atoms with van der Waals surface area (Å²) in [6.07, 6.45) is 4.77. The molecule has 180 valence electrons. The molecule has 3 aromatic carbocycles. The summed E-state index contributed by atoms with van der Waals surface area (Å²) in [6.45, 7) is 15.8. The van der Waals surface area contributed by atoms with Gasteiger partial charge in [-0.15, -0.1) is 0 Å². The van der Waals surface area contributed by atoms with Crippen LogP contribution in [0.15, 0.2) is 65.7 Å². The Morgan fingerprint density at radius 3 is 1.49 bits per heavy atom. The van der Waals surface area contributed by atoms with Crippen molar-refractivity contribution in [2.45, 2.75) is 55.3 Å². The molecular weight excluding hydrogens is 563 g/mol. The standard InChI is InChI=1S/2C12H13.C7H8Si.2ClH.Zr/c2*1-8-6-11-5-4-9(2)10(3)12(11)7-8;1-8-7-5-3-2-4-6-7;;;/h2*4-7H,1-3H3;2-6H,1H3;2*1H;/q;;;;;+2/p-2. The van der Waals surface area contributed by atoms with Gasteiger partial charge in [0.15, 0.2) is 0 Å². The molecule has 0 saturated heterocycles. The molecule has 4 heteroatoms. The van der Waals surface area contributed by atoms with E-state index >= 15 is 0 Å². The van der Waals surface area contributed by atoms with Crippen LogP contribution >= 0.6 is 17.0 Å². The van der Waals surface area contributed by atoms with E-state index in [1.165, 1.54) is 60.8 Å². The van der Waals surface area contributed by atoms with Crippen LogP contribution in [-0.4, -0.2) is 5.43 Å². The first-order valence-electron chi connectivity index (χ1n) is 12.5. The van der Waals surface area contributed by atoms with Gasteiger partial charge in [-0.1, -0.05) is 0 Å². The zero-order chi connectivity index (χ0) is 25.3. The molecule has 0 nitrogen and oxygen atoms in total. The second-order valence-corrected chi connectivity index (χ2v) is 47.6. The molecular formula is C31H34Cl2SiZr. The van der Waals surface area contributed by atoms with Gasteiger partial charge in [0.05, 0.1) is 0 Å². The second kappa shape index (κ2) is 8.70. The van der Waals surface area contributed by atoms with Crippen LogP contribution in [0.2, 0.25) is 6.55 Å². The molecule has 0 amide bonds. The van der Waals surface area contributed by atoms with E-state index in [-0.39, 0.29) is 7.25 Å². The van der Waals surface area contributed by atoms with Crippen LogP contribution in [0.3, 0.4) is 0 Å². The third kappa shape index (κ3) is 3.62. The summed E-state index contributed by atoms with van der Waals surface area (Å²) in [5.74, 6) is 0. The second-order valence-electron chi connectivity index (χ2n) is 10.8. The molecule has 0 radical (unpaired) electrons. The van der Waals surface area contributed by atoms with E-state index in [9.17, 15) is 0 Å². The van der Waals surface area contributed by atoms with Gasteiger partial charge in [0.2, 0.25) is 0 Å². The Hall–Kier alpha value is -1.18. The van der Waals surface area contributed by atoms with E-state index in [0.29, 0.717) is 0 Å².